The first kappa shape index (κ1) is 8.20. The fraction of sp³-hybridized carbons (Fsp3) is 0.714. The van der Waals surface area contributed by atoms with Gasteiger partial charge in [0.15, 0.2) is 0 Å². The van der Waals surface area contributed by atoms with Crippen molar-refractivity contribution in [3.63, 3.8) is 0 Å². The SMILES string of the molecule is CNCCn1nc(C)nc1C. The van der Waals surface area contributed by atoms with E-state index in [1.54, 1.807) is 0 Å². The highest BCUT2D eigenvalue weighted by molar-refractivity contribution is 4.87. The minimum atomic E-state index is 0.846. The van der Waals surface area contributed by atoms with Crippen molar-refractivity contribution in [3.8, 4) is 0 Å². The Hall–Kier alpha value is -0.900. The van der Waals surface area contributed by atoms with Crippen LogP contribution >= 0.6 is 0 Å². The average molecular weight is 154 g/mol. The summed E-state index contributed by atoms with van der Waals surface area (Å²) in [5, 5.41) is 7.28. The van der Waals surface area contributed by atoms with Gasteiger partial charge in [-0.1, -0.05) is 0 Å². The molecule has 0 saturated heterocycles. The van der Waals surface area contributed by atoms with Gasteiger partial charge in [0, 0.05) is 6.54 Å². The highest BCUT2D eigenvalue weighted by Gasteiger charge is 1.99. The van der Waals surface area contributed by atoms with Crippen molar-refractivity contribution in [2.75, 3.05) is 13.6 Å². The highest BCUT2D eigenvalue weighted by Crippen LogP contribution is 1.93. The van der Waals surface area contributed by atoms with Gasteiger partial charge in [-0.15, -0.1) is 0 Å². The molecule has 1 rings (SSSR count). The van der Waals surface area contributed by atoms with Crippen LogP contribution in [0.15, 0.2) is 0 Å². The first-order valence-electron chi connectivity index (χ1n) is 3.76. The maximum atomic E-state index is 4.21. The molecule has 0 saturated carbocycles. The lowest BCUT2D eigenvalue weighted by Crippen LogP contribution is -2.16. The predicted molar refractivity (Wildman–Crippen MR) is 43.4 cm³/mol. The first-order chi connectivity index (χ1) is 5.24. The number of nitrogens with zero attached hydrogens (tertiary/aromatic N) is 3. The van der Waals surface area contributed by atoms with Gasteiger partial charge in [-0.05, 0) is 20.9 Å². The number of hydrogen-bond donors (Lipinski definition) is 1. The third-order valence-corrected chi connectivity index (χ3v) is 1.54. The van der Waals surface area contributed by atoms with Crippen molar-refractivity contribution in [2.24, 2.45) is 0 Å². The second-order valence-electron chi connectivity index (χ2n) is 2.53. The molecule has 0 fully saturated rings. The number of aromatic nitrogens is 3. The van der Waals surface area contributed by atoms with Crippen LogP contribution in [0.2, 0.25) is 0 Å². The van der Waals surface area contributed by atoms with Gasteiger partial charge in [0.1, 0.15) is 11.6 Å². The Morgan fingerprint density at radius 3 is 2.64 bits per heavy atom. The van der Waals surface area contributed by atoms with Crippen LogP contribution in [0, 0.1) is 13.8 Å². The number of likely N-dealkylation sites (N-methyl/N-ethyl adjacent to an activating group) is 1. The van der Waals surface area contributed by atoms with Crippen molar-refractivity contribution in [1.82, 2.24) is 20.1 Å². The molecule has 0 atom stereocenters. The van der Waals surface area contributed by atoms with E-state index >= 15 is 0 Å². The van der Waals surface area contributed by atoms with E-state index in [0.29, 0.717) is 0 Å². The summed E-state index contributed by atoms with van der Waals surface area (Å²) >= 11 is 0. The van der Waals surface area contributed by atoms with E-state index < -0.39 is 0 Å². The van der Waals surface area contributed by atoms with Gasteiger partial charge < -0.3 is 5.32 Å². The Morgan fingerprint density at radius 2 is 2.18 bits per heavy atom. The zero-order valence-corrected chi connectivity index (χ0v) is 7.26. The van der Waals surface area contributed by atoms with Crippen LogP contribution < -0.4 is 5.32 Å². The fourth-order valence-corrected chi connectivity index (χ4v) is 0.991. The number of rotatable bonds is 3. The van der Waals surface area contributed by atoms with Gasteiger partial charge in [0.2, 0.25) is 0 Å². The van der Waals surface area contributed by atoms with Crippen molar-refractivity contribution in [1.29, 1.82) is 0 Å². The maximum Gasteiger partial charge on any atom is 0.147 e. The summed E-state index contributed by atoms with van der Waals surface area (Å²) in [6, 6.07) is 0. The summed E-state index contributed by atoms with van der Waals surface area (Å²) in [5.41, 5.74) is 0. The van der Waals surface area contributed by atoms with Crippen molar-refractivity contribution < 1.29 is 0 Å². The first-order valence-corrected chi connectivity index (χ1v) is 3.76. The van der Waals surface area contributed by atoms with E-state index in [2.05, 4.69) is 15.4 Å². The van der Waals surface area contributed by atoms with Gasteiger partial charge in [-0.2, -0.15) is 5.10 Å². The van der Waals surface area contributed by atoms with E-state index in [1.165, 1.54) is 0 Å². The van der Waals surface area contributed by atoms with Crippen LogP contribution in [0.25, 0.3) is 0 Å². The smallest absolute Gasteiger partial charge is 0.147 e. The predicted octanol–water partition coefficient (Wildman–Crippen LogP) is 0.114. The summed E-state index contributed by atoms with van der Waals surface area (Å²) in [7, 11) is 1.93. The molecule has 62 valence electrons. The third kappa shape index (κ3) is 2.01. The van der Waals surface area contributed by atoms with Crippen molar-refractivity contribution in [3.05, 3.63) is 11.6 Å². The Labute approximate surface area is 66.6 Å². The Morgan fingerprint density at radius 1 is 1.45 bits per heavy atom. The Balaban J connectivity index is 2.62. The lowest BCUT2D eigenvalue weighted by atomic mass is 10.6. The Bertz CT molecular complexity index is 228. The Kier molecular flexibility index (Phi) is 2.59. The largest absolute Gasteiger partial charge is 0.318 e. The van der Waals surface area contributed by atoms with Gasteiger partial charge in [-0.25, -0.2) is 9.67 Å². The van der Waals surface area contributed by atoms with Crippen LogP contribution in [-0.2, 0) is 6.54 Å². The highest BCUT2D eigenvalue weighted by atomic mass is 15.3. The molecule has 0 spiro atoms. The lowest BCUT2D eigenvalue weighted by molar-refractivity contribution is 0.566. The van der Waals surface area contributed by atoms with Gasteiger partial charge in [0.05, 0.1) is 6.54 Å². The summed E-state index contributed by atoms with van der Waals surface area (Å²) in [6.07, 6.45) is 0. The van der Waals surface area contributed by atoms with Gasteiger partial charge in [0.25, 0.3) is 0 Å². The molecule has 1 heterocycles. The van der Waals surface area contributed by atoms with E-state index in [9.17, 15) is 0 Å². The van der Waals surface area contributed by atoms with Gasteiger partial charge >= 0.3 is 0 Å². The minimum absolute atomic E-state index is 0.846. The fourth-order valence-electron chi connectivity index (χ4n) is 0.991. The molecule has 1 N–H and O–H groups in total. The lowest BCUT2D eigenvalue weighted by Gasteiger charge is -2.00. The zero-order chi connectivity index (χ0) is 8.27. The van der Waals surface area contributed by atoms with Crippen molar-refractivity contribution in [2.45, 2.75) is 20.4 Å². The van der Waals surface area contributed by atoms with Crippen molar-refractivity contribution >= 4 is 0 Å². The van der Waals surface area contributed by atoms with E-state index in [-0.39, 0.29) is 0 Å². The molecule has 4 nitrogen and oxygen atoms in total. The molecule has 4 heteroatoms. The number of aryl methyl sites for hydroxylation is 2. The average Bonchev–Trinajstić information content (AvgIpc) is 2.26. The molecule has 1 aromatic rings. The van der Waals surface area contributed by atoms with Crippen LogP contribution in [0.1, 0.15) is 11.6 Å². The minimum Gasteiger partial charge on any atom is -0.318 e. The normalized spacial score (nSPS) is 10.5. The maximum absolute atomic E-state index is 4.21. The summed E-state index contributed by atoms with van der Waals surface area (Å²) < 4.78 is 1.91. The molecular weight excluding hydrogens is 140 g/mol. The number of hydrogen-bond acceptors (Lipinski definition) is 3. The molecule has 0 aliphatic carbocycles. The van der Waals surface area contributed by atoms with Gasteiger partial charge in [-0.3, -0.25) is 0 Å². The third-order valence-electron chi connectivity index (χ3n) is 1.54. The second-order valence-corrected chi connectivity index (χ2v) is 2.53. The molecule has 0 unspecified atom stereocenters. The quantitative estimate of drug-likeness (QED) is 0.672. The molecule has 1 aromatic heterocycles. The molecule has 0 aliphatic heterocycles. The van der Waals surface area contributed by atoms with E-state index in [4.69, 9.17) is 0 Å². The van der Waals surface area contributed by atoms with Crippen LogP contribution in [0.3, 0.4) is 0 Å². The topological polar surface area (TPSA) is 42.7 Å². The standard InChI is InChI=1S/C7H14N4/c1-6-9-7(2)11(10-6)5-4-8-3/h8H,4-5H2,1-3H3. The molecule has 0 amide bonds. The van der Waals surface area contributed by atoms with Crippen LogP contribution in [0.5, 0.6) is 0 Å². The molecular formula is C7H14N4. The van der Waals surface area contributed by atoms with E-state index in [0.717, 1.165) is 24.7 Å². The molecule has 0 bridgehead atoms. The van der Waals surface area contributed by atoms with E-state index in [1.807, 2.05) is 25.6 Å². The molecule has 0 radical (unpaired) electrons. The summed E-state index contributed by atoms with van der Waals surface area (Å²) in [6.45, 7) is 5.70. The zero-order valence-electron chi connectivity index (χ0n) is 7.26. The van der Waals surface area contributed by atoms with Crippen LogP contribution in [0.4, 0.5) is 0 Å². The monoisotopic (exact) mass is 154 g/mol. The number of nitrogens with one attached hydrogen (secondary N) is 1. The van der Waals surface area contributed by atoms with Crippen LogP contribution in [-0.4, -0.2) is 28.4 Å². The summed E-state index contributed by atoms with van der Waals surface area (Å²) in [5.74, 6) is 1.83. The second kappa shape index (κ2) is 3.48. The molecule has 0 aliphatic rings. The molecule has 11 heavy (non-hydrogen) atoms. The molecule has 0 aromatic carbocycles. The summed E-state index contributed by atoms with van der Waals surface area (Å²) in [4.78, 5) is 4.19.